The van der Waals surface area contributed by atoms with Crippen LogP contribution in [0.2, 0.25) is 0 Å². The Morgan fingerprint density at radius 3 is 1.51 bits per heavy atom. The molecule has 3 aromatic heterocycles. The fourth-order valence-corrected chi connectivity index (χ4v) is 25.1. The van der Waals surface area contributed by atoms with E-state index in [1.54, 1.807) is 67.6 Å². The first-order valence-electron chi connectivity index (χ1n) is 50.1. The van der Waals surface area contributed by atoms with E-state index in [1.165, 1.54) is 85.4 Å². The van der Waals surface area contributed by atoms with Crippen LogP contribution in [0.15, 0.2) is 134 Å². The van der Waals surface area contributed by atoms with Gasteiger partial charge in [0.15, 0.2) is 5.78 Å². The molecule has 4 aromatic carbocycles. The van der Waals surface area contributed by atoms with Crippen molar-refractivity contribution in [1.82, 2.24) is 19.0 Å². The number of amides is 2. The Bertz CT molecular complexity index is 5130. The van der Waals surface area contributed by atoms with Crippen LogP contribution in [0.4, 0.5) is 25.8 Å². The van der Waals surface area contributed by atoms with Crippen LogP contribution in [0.1, 0.15) is 240 Å². The molecule has 25 heteroatoms. The first-order chi connectivity index (χ1) is 64.1. The molecule has 2 amide bonds. The van der Waals surface area contributed by atoms with Crippen molar-refractivity contribution in [3.05, 3.63) is 140 Å². The third-order valence-corrected chi connectivity index (χ3v) is 31.8. The smallest absolute Gasteiger partial charge is 0.310 e. The van der Waals surface area contributed by atoms with E-state index in [9.17, 15) is 52.2 Å². The number of nitrogens with one attached hydrogen (secondary N) is 3. The molecule has 19 rings (SSSR count). The third kappa shape index (κ3) is 25.6. The summed E-state index contributed by atoms with van der Waals surface area (Å²) >= 11 is 0. The van der Waals surface area contributed by atoms with Crippen LogP contribution < -0.4 is 38.9 Å². The van der Waals surface area contributed by atoms with Crippen LogP contribution in [0, 0.1) is 118 Å². The summed E-state index contributed by atoms with van der Waals surface area (Å²) in [6, 6.07) is 30.4. The molecule has 12 aliphatic rings. The van der Waals surface area contributed by atoms with Gasteiger partial charge in [0.05, 0.1) is 85.8 Å². The lowest BCUT2D eigenvalue weighted by molar-refractivity contribution is -0.149. The molecule has 732 valence electrons. The van der Waals surface area contributed by atoms with E-state index in [0.717, 1.165) is 130 Å². The molecule has 1 saturated heterocycles. The van der Waals surface area contributed by atoms with Gasteiger partial charge in [-0.3, -0.25) is 42.9 Å². The number of rotatable bonds is 13. The van der Waals surface area contributed by atoms with Gasteiger partial charge in [0.1, 0.15) is 18.1 Å². The van der Waals surface area contributed by atoms with Crippen LogP contribution in [0.3, 0.4) is 0 Å². The minimum atomic E-state index is -0.728. The number of methoxy groups -OCH3 is 2. The molecule has 25 atom stereocenters. The predicted octanol–water partition coefficient (Wildman–Crippen LogP) is 20.2. The number of fused-ring (bicyclic) bond motifs is 10. The van der Waals surface area contributed by atoms with Crippen molar-refractivity contribution in [3.63, 3.8) is 0 Å². The highest BCUT2D eigenvalue weighted by atomic mass is 19.1. The zero-order valence-corrected chi connectivity index (χ0v) is 81.5. The van der Waals surface area contributed by atoms with Gasteiger partial charge in [-0.1, -0.05) is 159 Å². The maximum absolute atomic E-state index is 13.3. The van der Waals surface area contributed by atoms with Gasteiger partial charge in [0.25, 0.3) is 0 Å². The number of esters is 4. The number of nitrogens with zero attached hydrogens (tertiary/aromatic N) is 3. The Balaban J connectivity index is 0.000000138. The van der Waals surface area contributed by atoms with Gasteiger partial charge in [-0.15, -0.1) is 6.58 Å². The number of alkyl halides is 2. The number of phenols is 1. The molecule has 12 N–H and O–H groups in total. The summed E-state index contributed by atoms with van der Waals surface area (Å²) in [7, 11) is 4.83. The Hall–Kier alpha value is -9.56. The Kier molecular flexibility index (Phi) is 36.6. The Labute approximate surface area is 792 Å². The van der Waals surface area contributed by atoms with Crippen molar-refractivity contribution in [1.29, 1.82) is 0 Å². The molecule has 1 aliphatic heterocycles. The van der Waals surface area contributed by atoms with Crippen molar-refractivity contribution in [2.24, 2.45) is 148 Å². The third-order valence-electron chi connectivity index (χ3n) is 31.8. The van der Waals surface area contributed by atoms with E-state index in [4.69, 9.17) is 41.9 Å². The number of ether oxygens (including phenoxy) is 4. The normalized spacial score (nSPS) is 31.4. The number of ketones is 1. The number of allylic oxidation sites excluding steroid dienone is 2. The summed E-state index contributed by atoms with van der Waals surface area (Å²) in [5, 5.41) is 21.7. The zero-order valence-electron chi connectivity index (χ0n) is 81.5. The number of aromatic nitrogens is 3. The molecule has 11 saturated carbocycles. The number of aryl methyl sites for hydroxylation is 1. The standard InChI is InChI=1S/2C16H14N2O2.C15H20N2O.C15H26.C12H20FNO2.2C12H21NO2.C11H18FNO2/c1-11(19)18-10-14(12-6-2-4-8-15(12)18)17-13-7-3-5-9-16(13)20;1-2-7-18-10-11(12-5-3-4-6-14(12)18)8-13-15(19)9-16(20)17-13;1-15(2,3)9-14(18)16-12-10-17(4)13-8-6-5-7-11(12)13;1-10-6-7-12-9-14-11(2)4-3-5-13(14)15(12)8-10;1-2-16-12(15)10-5-7-3-4-8(13)6-9(7)11(10)14;1-7-3-4-8-6-10(12(14)15-2)11(13)9(8)5-7;1-2-15-12(14)10-7-8-5-3-4-6-9(8)11(10)13;1-15-11(14)9-4-6-2-3-7(12)5-8(6)10(9)13/h2-10,17,20H,1H3;2-6,8,10H,1,7,9H2,(H,17,20);5-8,10H,9H2,1-4H3,(H,16,18);10-15H,3-9H2,1-2H3;7-11H,2-6,14H2,1H3;7-11H,3-6,13H2,1-2H3;8-11H,2-7,13H2,1H3;6-10H,2-5,13H2,1H3/b;13-8+;;;;;;. The molecule has 0 spiro atoms. The van der Waals surface area contributed by atoms with Crippen molar-refractivity contribution in [3.8, 4) is 5.75 Å². The van der Waals surface area contributed by atoms with Gasteiger partial charge in [-0.25, -0.2) is 8.78 Å². The molecule has 134 heavy (non-hydrogen) atoms. The Morgan fingerprint density at radius 2 is 0.985 bits per heavy atom. The summed E-state index contributed by atoms with van der Waals surface area (Å²) in [5.41, 5.74) is 31.0. The maximum Gasteiger partial charge on any atom is 0.310 e. The summed E-state index contributed by atoms with van der Waals surface area (Å²) in [6.07, 6.45) is 35.5. The van der Waals surface area contributed by atoms with E-state index in [1.807, 2.05) is 110 Å². The number of carbonyl (C=O) groups is 8. The van der Waals surface area contributed by atoms with E-state index in [2.05, 4.69) is 74.7 Å². The number of benzene rings is 4. The highest BCUT2D eigenvalue weighted by molar-refractivity contribution is 6.17. The van der Waals surface area contributed by atoms with Crippen LogP contribution in [-0.4, -0.2) is 130 Å². The number of Topliss-reactive ketones (excluding diaryl/α,β-unsaturated/α-hetero) is 1. The van der Waals surface area contributed by atoms with Gasteiger partial charge in [-0.05, 0) is 254 Å². The van der Waals surface area contributed by atoms with Crippen molar-refractivity contribution < 1.29 is 71.2 Å². The number of hydrogen-bond donors (Lipinski definition) is 8. The van der Waals surface area contributed by atoms with Gasteiger partial charge >= 0.3 is 23.9 Å². The number of para-hydroxylation sites is 5. The van der Waals surface area contributed by atoms with Crippen LogP contribution >= 0.6 is 0 Å². The zero-order chi connectivity index (χ0) is 96.5. The monoisotopic (exact) mass is 1850 g/mol. The lowest BCUT2D eigenvalue weighted by Gasteiger charge is -2.37. The van der Waals surface area contributed by atoms with E-state index < -0.39 is 12.3 Å². The average molecular weight is 1850 g/mol. The van der Waals surface area contributed by atoms with Crippen molar-refractivity contribution >= 4 is 103 Å². The molecular weight excluding hydrogens is 1700 g/mol. The van der Waals surface area contributed by atoms with Crippen LogP contribution in [0.5, 0.6) is 5.75 Å². The van der Waals surface area contributed by atoms with E-state index in [0.29, 0.717) is 98.8 Å². The quantitative estimate of drug-likeness (QED) is 0.0133. The first-order valence-corrected chi connectivity index (χ1v) is 50.1. The minimum Gasteiger partial charge on any atom is -0.506 e. The van der Waals surface area contributed by atoms with Crippen molar-refractivity contribution in [2.45, 2.75) is 272 Å². The SMILES string of the molecule is C=CCn1cc(/C=C2/NC(=O)CC2=O)c2ccccc21.CC(=O)n1cc(Nc2ccccc2O)c2ccccc21.CC1CCC2CC3C(C)CCCC3C2C1.CCOC(=O)C1CC2CCC(F)CC2C1N.CCOC(=O)C1CC2CCCCC2C1N.COC(=O)C1CC2CCC(C)CC2C1N.COC(=O)C1CC2CCC(F)CC2C1N.Cn1cc(NC(=O)CC(C)(C)C)c2ccccc21. The summed E-state index contributed by atoms with van der Waals surface area (Å²) < 4.78 is 51.9. The van der Waals surface area contributed by atoms with Gasteiger partial charge < -0.3 is 72.1 Å². The van der Waals surface area contributed by atoms with E-state index in [-0.39, 0.29) is 125 Å². The van der Waals surface area contributed by atoms with Crippen molar-refractivity contribution in [2.75, 3.05) is 38.1 Å². The predicted molar refractivity (Wildman–Crippen MR) is 526 cm³/mol. The highest BCUT2D eigenvalue weighted by Gasteiger charge is 2.52. The minimum absolute atomic E-state index is 0.00860. The molecule has 4 heterocycles. The van der Waals surface area contributed by atoms with E-state index >= 15 is 0 Å². The molecule has 7 aromatic rings. The molecule has 23 nitrogen and oxygen atoms in total. The maximum atomic E-state index is 13.3. The number of carbonyl (C=O) groups excluding carboxylic acids is 8. The summed E-state index contributed by atoms with van der Waals surface area (Å²) in [4.78, 5) is 92.9. The van der Waals surface area contributed by atoms with Gasteiger partial charge in [0, 0.05) is 102 Å². The summed E-state index contributed by atoms with van der Waals surface area (Å²) in [5.74, 6) is 9.78. The second kappa shape index (κ2) is 47.5. The van der Waals surface area contributed by atoms with Gasteiger partial charge in [0.2, 0.25) is 17.7 Å². The second-order valence-electron chi connectivity index (χ2n) is 42.1. The average Bonchev–Trinajstić information content (AvgIpc) is 1.63. The number of hydrogen-bond acceptors (Lipinski definition) is 18. The largest absolute Gasteiger partial charge is 0.506 e. The molecule has 0 bridgehead atoms. The molecule has 11 aliphatic carbocycles. The molecular formula is C109H154F2N10O13. The first kappa shape index (κ1) is 103. The van der Waals surface area contributed by atoms with Crippen LogP contribution in [-0.2, 0) is 66.1 Å². The Morgan fingerprint density at radius 1 is 0.515 bits per heavy atom. The second-order valence-corrected chi connectivity index (χ2v) is 42.1. The fourth-order valence-electron chi connectivity index (χ4n) is 25.1. The fraction of sp³-hybridized carbons (Fsp3) is 0.615. The van der Waals surface area contributed by atoms with Crippen LogP contribution in [0.25, 0.3) is 38.8 Å². The topological polar surface area (TPSA) is 349 Å². The lowest BCUT2D eigenvalue weighted by Crippen LogP contribution is -2.39. The lowest BCUT2D eigenvalue weighted by atomic mass is 9.69. The number of nitrogens with two attached hydrogens (primary N) is 4. The number of aromatic hydroxyl groups is 1. The molecule has 0 radical (unpaired) electrons. The number of anilines is 3. The van der Waals surface area contributed by atoms with Gasteiger partial charge in [-0.2, -0.15) is 0 Å². The number of phenolic OH excluding ortho intramolecular Hbond substituents is 1. The molecule has 12 fully saturated rings. The highest BCUT2D eigenvalue weighted by Crippen LogP contribution is 2.57. The molecule has 25 unspecified atom stereocenters. The summed E-state index contributed by atoms with van der Waals surface area (Å²) in [6.45, 7) is 24.0. The number of halogens is 2.